The predicted octanol–water partition coefficient (Wildman–Crippen LogP) is 4.47. The Hall–Kier alpha value is -0.860. The van der Waals surface area contributed by atoms with E-state index in [9.17, 15) is 0 Å². The van der Waals surface area contributed by atoms with Gasteiger partial charge in [0.2, 0.25) is 0 Å². The van der Waals surface area contributed by atoms with Gasteiger partial charge in [-0.15, -0.1) is 0 Å². The van der Waals surface area contributed by atoms with E-state index in [2.05, 4.69) is 69.9 Å². The van der Waals surface area contributed by atoms with Gasteiger partial charge in [0.1, 0.15) is 0 Å². The molecule has 0 saturated heterocycles. The Morgan fingerprint density at radius 3 is 1.71 bits per heavy atom. The Morgan fingerprint density at radius 2 is 1.33 bits per heavy atom. The van der Waals surface area contributed by atoms with Crippen molar-refractivity contribution in [2.75, 3.05) is 13.1 Å². The summed E-state index contributed by atoms with van der Waals surface area (Å²) in [7, 11) is 0. The van der Waals surface area contributed by atoms with Crippen LogP contribution in [0.3, 0.4) is 0 Å². The highest BCUT2D eigenvalue weighted by molar-refractivity contribution is 5.20. The van der Waals surface area contributed by atoms with Gasteiger partial charge in [-0.3, -0.25) is 4.90 Å². The van der Waals surface area contributed by atoms with Gasteiger partial charge in [-0.1, -0.05) is 58.0 Å². The minimum atomic E-state index is 0.145. The first-order valence-electron chi connectivity index (χ1n) is 8.46. The second-order valence-electron chi connectivity index (χ2n) is 7.12. The molecule has 0 aliphatic carbocycles. The van der Waals surface area contributed by atoms with E-state index in [1.54, 1.807) is 0 Å². The first-order chi connectivity index (χ1) is 9.91. The van der Waals surface area contributed by atoms with E-state index in [0.29, 0.717) is 6.04 Å². The van der Waals surface area contributed by atoms with Gasteiger partial charge in [-0.05, 0) is 50.3 Å². The van der Waals surface area contributed by atoms with Gasteiger partial charge < -0.3 is 5.73 Å². The van der Waals surface area contributed by atoms with E-state index in [0.717, 1.165) is 24.9 Å². The Morgan fingerprint density at radius 1 is 0.857 bits per heavy atom. The fourth-order valence-electron chi connectivity index (χ4n) is 2.74. The second kappa shape index (κ2) is 9.22. The van der Waals surface area contributed by atoms with Crippen LogP contribution >= 0.6 is 0 Å². The van der Waals surface area contributed by atoms with Crippen LogP contribution in [0.2, 0.25) is 0 Å². The molecule has 0 fully saturated rings. The summed E-state index contributed by atoms with van der Waals surface area (Å²) < 4.78 is 0. The number of benzene rings is 1. The molecule has 0 aliphatic heterocycles. The molecule has 2 heteroatoms. The van der Waals surface area contributed by atoms with Gasteiger partial charge in [0, 0.05) is 12.1 Å². The van der Waals surface area contributed by atoms with Crippen molar-refractivity contribution >= 4 is 0 Å². The lowest BCUT2D eigenvalue weighted by molar-refractivity contribution is 0.159. The van der Waals surface area contributed by atoms with Crippen LogP contribution in [-0.4, -0.2) is 24.0 Å². The molecule has 21 heavy (non-hydrogen) atoms. The van der Waals surface area contributed by atoms with Crippen molar-refractivity contribution < 1.29 is 0 Å². The smallest absolute Gasteiger partial charge is 0.0496 e. The fourth-order valence-corrected chi connectivity index (χ4v) is 2.74. The first kappa shape index (κ1) is 18.2. The highest BCUT2D eigenvalue weighted by atomic mass is 15.2. The molecule has 1 aromatic rings. The summed E-state index contributed by atoms with van der Waals surface area (Å²) in [5, 5.41) is 0. The molecule has 0 aromatic heterocycles. The minimum Gasteiger partial charge on any atom is -0.326 e. The van der Waals surface area contributed by atoms with Crippen LogP contribution in [0.25, 0.3) is 0 Å². The Labute approximate surface area is 131 Å². The van der Waals surface area contributed by atoms with E-state index >= 15 is 0 Å². The van der Waals surface area contributed by atoms with E-state index in [1.807, 2.05) is 0 Å². The average Bonchev–Trinajstić information content (AvgIpc) is 2.42. The third-order valence-electron chi connectivity index (χ3n) is 4.02. The summed E-state index contributed by atoms with van der Waals surface area (Å²) in [6.07, 6.45) is 2.46. The summed E-state index contributed by atoms with van der Waals surface area (Å²) in [6.45, 7) is 13.6. The van der Waals surface area contributed by atoms with E-state index in [1.165, 1.54) is 18.4 Å². The van der Waals surface area contributed by atoms with E-state index in [4.69, 9.17) is 5.73 Å². The lowest BCUT2D eigenvalue weighted by atomic mass is 9.97. The summed E-state index contributed by atoms with van der Waals surface area (Å²) in [5.74, 6) is 1.46. The summed E-state index contributed by atoms with van der Waals surface area (Å²) in [5.41, 5.74) is 7.69. The fraction of sp³-hybridized carbons (Fsp3) is 0.684. The molecule has 1 aromatic carbocycles. The summed E-state index contributed by atoms with van der Waals surface area (Å²) >= 11 is 0. The van der Waals surface area contributed by atoms with Crippen molar-refractivity contribution in [2.24, 2.45) is 17.6 Å². The third-order valence-corrected chi connectivity index (χ3v) is 4.02. The zero-order valence-electron chi connectivity index (χ0n) is 14.5. The number of nitrogens with two attached hydrogens (primary N) is 1. The lowest BCUT2D eigenvalue weighted by Crippen LogP contribution is -2.41. The van der Waals surface area contributed by atoms with Crippen molar-refractivity contribution in [3.05, 3.63) is 35.9 Å². The van der Waals surface area contributed by atoms with Crippen LogP contribution in [0.1, 0.15) is 59.1 Å². The number of nitrogens with zero attached hydrogens (tertiary/aromatic N) is 1. The Bertz CT molecular complexity index is 358. The molecule has 2 N–H and O–H groups in total. The molecular formula is C19H34N2. The molecular weight excluding hydrogens is 256 g/mol. The molecule has 0 heterocycles. The van der Waals surface area contributed by atoms with Gasteiger partial charge in [-0.2, -0.15) is 0 Å². The molecule has 0 radical (unpaired) electrons. The summed E-state index contributed by atoms with van der Waals surface area (Å²) in [6, 6.07) is 11.2. The lowest BCUT2D eigenvalue weighted by Gasteiger charge is -2.35. The van der Waals surface area contributed by atoms with Crippen LogP contribution < -0.4 is 5.73 Å². The van der Waals surface area contributed by atoms with Crippen LogP contribution in [0.15, 0.2) is 30.3 Å². The van der Waals surface area contributed by atoms with E-state index in [-0.39, 0.29) is 6.04 Å². The van der Waals surface area contributed by atoms with Gasteiger partial charge in [0.05, 0.1) is 0 Å². The standard InChI is InChI=1S/C19H34N2/c1-15(2)11-13-21(14-12-16(3)4)19(17(5)20)18-9-7-6-8-10-18/h6-10,15-17,19H,11-14,20H2,1-5H3. The molecule has 0 bridgehead atoms. The maximum atomic E-state index is 6.34. The van der Waals surface area contributed by atoms with Crippen molar-refractivity contribution in [1.82, 2.24) is 4.90 Å². The van der Waals surface area contributed by atoms with E-state index < -0.39 is 0 Å². The number of hydrogen-bond donors (Lipinski definition) is 1. The largest absolute Gasteiger partial charge is 0.326 e. The zero-order chi connectivity index (χ0) is 15.8. The SMILES string of the molecule is CC(C)CCN(CCC(C)C)C(c1ccccc1)C(C)N. The molecule has 0 aliphatic rings. The molecule has 1 rings (SSSR count). The number of rotatable bonds is 9. The van der Waals surface area contributed by atoms with Gasteiger partial charge >= 0.3 is 0 Å². The molecule has 2 unspecified atom stereocenters. The molecule has 2 atom stereocenters. The normalized spacial score (nSPS) is 14.9. The van der Waals surface area contributed by atoms with Crippen molar-refractivity contribution in [1.29, 1.82) is 0 Å². The summed E-state index contributed by atoms with van der Waals surface area (Å²) in [4.78, 5) is 2.60. The van der Waals surface area contributed by atoms with Gasteiger partial charge in [-0.25, -0.2) is 0 Å². The van der Waals surface area contributed by atoms with Crippen LogP contribution in [-0.2, 0) is 0 Å². The highest BCUT2D eigenvalue weighted by Crippen LogP contribution is 2.25. The minimum absolute atomic E-state index is 0.145. The highest BCUT2D eigenvalue weighted by Gasteiger charge is 2.23. The molecule has 0 spiro atoms. The second-order valence-corrected chi connectivity index (χ2v) is 7.12. The molecule has 2 nitrogen and oxygen atoms in total. The monoisotopic (exact) mass is 290 g/mol. The first-order valence-corrected chi connectivity index (χ1v) is 8.46. The predicted molar refractivity (Wildman–Crippen MR) is 93.3 cm³/mol. The van der Waals surface area contributed by atoms with Gasteiger partial charge in [0.25, 0.3) is 0 Å². The number of hydrogen-bond acceptors (Lipinski definition) is 2. The third kappa shape index (κ3) is 6.62. The van der Waals surface area contributed by atoms with Gasteiger partial charge in [0.15, 0.2) is 0 Å². The van der Waals surface area contributed by atoms with Crippen LogP contribution in [0.5, 0.6) is 0 Å². The molecule has 0 saturated carbocycles. The maximum Gasteiger partial charge on any atom is 0.0496 e. The quantitative estimate of drug-likeness (QED) is 0.727. The maximum absolute atomic E-state index is 6.34. The zero-order valence-corrected chi connectivity index (χ0v) is 14.5. The van der Waals surface area contributed by atoms with Crippen LogP contribution in [0.4, 0.5) is 0 Å². The molecule has 120 valence electrons. The van der Waals surface area contributed by atoms with Crippen molar-refractivity contribution in [3.8, 4) is 0 Å². The topological polar surface area (TPSA) is 29.3 Å². The Kier molecular flexibility index (Phi) is 7.98. The van der Waals surface area contributed by atoms with Crippen LogP contribution in [0, 0.1) is 11.8 Å². The van der Waals surface area contributed by atoms with Crippen molar-refractivity contribution in [3.63, 3.8) is 0 Å². The molecule has 0 amide bonds. The van der Waals surface area contributed by atoms with Crippen molar-refractivity contribution in [2.45, 2.75) is 59.5 Å². The average molecular weight is 290 g/mol. The Balaban J connectivity index is 2.88.